The summed E-state index contributed by atoms with van der Waals surface area (Å²) in [6.07, 6.45) is 3.95. The van der Waals surface area contributed by atoms with E-state index in [0.29, 0.717) is 11.5 Å². The lowest BCUT2D eigenvalue weighted by Crippen LogP contribution is -2.53. The molecule has 0 aliphatic carbocycles. The fourth-order valence-electron chi connectivity index (χ4n) is 4.31. The molecule has 11 heteroatoms. The van der Waals surface area contributed by atoms with E-state index < -0.39 is 34.5 Å². The van der Waals surface area contributed by atoms with Crippen LogP contribution >= 0.6 is 0 Å². The zero-order chi connectivity index (χ0) is 26.8. The summed E-state index contributed by atoms with van der Waals surface area (Å²) in [5.41, 5.74) is -0.907. The molecule has 0 saturated carbocycles. The van der Waals surface area contributed by atoms with Gasteiger partial charge in [-0.3, -0.25) is 29.1 Å². The third-order valence-corrected chi connectivity index (χ3v) is 6.23. The molecule has 5 rings (SSSR count). The van der Waals surface area contributed by atoms with Crippen molar-refractivity contribution in [3.8, 4) is 5.75 Å². The Labute approximate surface area is 215 Å². The van der Waals surface area contributed by atoms with Gasteiger partial charge in [0, 0.05) is 24.9 Å². The second-order valence-corrected chi connectivity index (χ2v) is 8.78. The Morgan fingerprint density at radius 2 is 1.92 bits per heavy atom. The number of carbonyl (C=O) groups is 2. The highest BCUT2D eigenvalue weighted by atomic mass is 19.1. The van der Waals surface area contributed by atoms with Crippen molar-refractivity contribution in [3.05, 3.63) is 117 Å². The molecule has 0 bridgehead atoms. The lowest BCUT2D eigenvalue weighted by Gasteiger charge is -2.39. The minimum Gasteiger partial charge on any atom is -0.502 e. The molecular formula is C27H22F2N4O5. The fourth-order valence-corrected chi connectivity index (χ4v) is 4.31. The second-order valence-electron chi connectivity index (χ2n) is 8.78. The van der Waals surface area contributed by atoms with Crippen molar-refractivity contribution in [2.24, 2.45) is 0 Å². The monoisotopic (exact) mass is 520 g/mol. The Balaban J connectivity index is 1.50. The molecule has 4 aromatic rings. The molecule has 38 heavy (non-hydrogen) atoms. The lowest BCUT2D eigenvalue weighted by molar-refractivity contribution is 0.0656. The van der Waals surface area contributed by atoms with Gasteiger partial charge in [0.15, 0.2) is 17.2 Å². The van der Waals surface area contributed by atoms with Crippen LogP contribution in [0.15, 0.2) is 76.4 Å². The number of hydrogen-bond donors (Lipinski definition) is 1. The summed E-state index contributed by atoms with van der Waals surface area (Å²) < 4.78 is 33.9. The molecular weight excluding hydrogens is 498 g/mol. The molecule has 4 heterocycles. The van der Waals surface area contributed by atoms with Gasteiger partial charge in [0.1, 0.15) is 24.1 Å². The van der Waals surface area contributed by atoms with Gasteiger partial charge in [-0.2, -0.15) is 0 Å². The van der Waals surface area contributed by atoms with Gasteiger partial charge in [0.2, 0.25) is 5.43 Å². The zero-order valence-electron chi connectivity index (χ0n) is 20.0. The van der Waals surface area contributed by atoms with Gasteiger partial charge in [-0.1, -0.05) is 12.1 Å². The summed E-state index contributed by atoms with van der Waals surface area (Å²) in [5, 5.41) is 12.5. The molecule has 3 aromatic heterocycles. The minimum absolute atomic E-state index is 0.0415. The van der Waals surface area contributed by atoms with Crippen molar-refractivity contribution in [2.75, 3.05) is 11.7 Å². The highest BCUT2D eigenvalue weighted by Gasteiger charge is 2.35. The number of Topliss-reactive ketones (excluding diaryl/α,β-unsaturated/α-hetero) is 1. The van der Waals surface area contributed by atoms with Gasteiger partial charge in [-0.25, -0.2) is 8.78 Å². The lowest BCUT2D eigenvalue weighted by atomic mass is 10.0. The summed E-state index contributed by atoms with van der Waals surface area (Å²) >= 11 is 0. The Morgan fingerprint density at radius 1 is 1.08 bits per heavy atom. The first-order valence-electron chi connectivity index (χ1n) is 11.7. The van der Waals surface area contributed by atoms with Crippen LogP contribution in [0.4, 0.5) is 8.78 Å². The van der Waals surface area contributed by atoms with Gasteiger partial charge in [-0.15, -0.1) is 0 Å². The van der Waals surface area contributed by atoms with Gasteiger partial charge in [0.25, 0.3) is 5.91 Å². The summed E-state index contributed by atoms with van der Waals surface area (Å²) in [6, 6.07) is 11.7. The normalized spacial score (nSPS) is 13.1. The molecule has 0 atom stereocenters. The fraction of sp³-hybridized carbons (Fsp3) is 0.185. The van der Waals surface area contributed by atoms with Gasteiger partial charge in [0.05, 0.1) is 30.6 Å². The number of benzene rings is 1. The predicted molar refractivity (Wildman–Crippen MR) is 131 cm³/mol. The number of pyridine rings is 2. The molecule has 0 fully saturated rings. The van der Waals surface area contributed by atoms with Crippen LogP contribution in [0.3, 0.4) is 0 Å². The standard InChI is InChI=1S/C27H22F2N4O5/c28-18-8-6-17(22(29)12-18)7-9-23(34)21-15-33-24(26(36)25(21)35)27(37)31(14-20-5-3-11-38-20)16-32(33)13-19-4-1-2-10-30-19/h1-6,8,10-12,15,36H,7,9,13-14,16H2. The van der Waals surface area contributed by atoms with Crippen molar-refractivity contribution in [3.63, 3.8) is 0 Å². The number of aromatic hydroxyl groups is 1. The first kappa shape index (κ1) is 24.9. The van der Waals surface area contributed by atoms with E-state index in [4.69, 9.17) is 4.42 Å². The molecule has 9 nitrogen and oxygen atoms in total. The SMILES string of the molecule is O=C(CCc1ccc(F)cc1F)c1cn2c(c(O)c1=O)C(=O)N(Cc1ccco1)CN2Cc1ccccn1. The van der Waals surface area contributed by atoms with E-state index in [1.54, 1.807) is 41.5 Å². The zero-order valence-corrected chi connectivity index (χ0v) is 20.0. The molecule has 0 spiro atoms. The Hall–Kier alpha value is -4.80. The van der Waals surface area contributed by atoms with Crippen molar-refractivity contribution in [1.29, 1.82) is 0 Å². The summed E-state index contributed by atoms with van der Waals surface area (Å²) in [4.78, 5) is 45.1. The maximum Gasteiger partial charge on any atom is 0.278 e. The van der Waals surface area contributed by atoms with Crippen molar-refractivity contribution in [2.45, 2.75) is 25.9 Å². The molecule has 0 radical (unpaired) electrons. The van der Waals surface area contributed by atoms with Gasteiger partial charge < -0.3 is 14.4 Å². The average molecular weight is 520 g/mol. The largest absolute Gasteiger partial charge is 0.502 e. The molecule has 1 aromatic carbocycles. The van der Waals surface area contributed by atoms with E-state index in [1.807, 2.05) is 0 Å². The van der Waals surface area contributed by atoms with E-state index >= 15 is 0 Å². The smallest absolute Gasteiger partial charge is 0.278 e. The second kappa shape index (κ2) is 10.3. The maximum atomic E-state index is 14.0. The number of aromatic nitrogens is 2. The number of ketones is 1. The molecule has 194 valence electrons. The number of aryl methyl sites for hydroxylation is 1. The van der Waals surface area contributed by atoms with E-state index in [-0.39, 0.29) is 49.4 Å². The van der Waals surface area contributed by atoms with Crippen molar-refractivity contribution >= 4 is 11.7 Å². The number of amides is 1. The van der Waals surface area contributed by atoms with Crippen LogP contribution in [0.2, 0.25) is 0 Å². The van der Waals surface area contributed by atoms with Crippen molar-refractivity contribution in [1.82, 2.24) is 14.6 Å². The summed E-state index contributed by atoms with van der Waals surface area (Å²) in [5.74, 6) is -3.19. The highest BCUT2D eigenvalue weighted by Crippen LogP contribution is 2.24. The van der Waals surface area contributed by atoms with Crippen LogP contribution in [0, 0.1) is 11.6 Å². The molecule has 0 saturated heterocycles. The van der Waals surface area contributed by atoms with Crippen LogP contribution in [0.5, 0.6) is 5.75 Å². The van der Waals surface area contributed by atoms with Gasteiger partial charge >= 0.3 is 0 Å². The number of carbonyl (C=O) groups excluding carboxylic acids is 2. The molecule has 1 N–H and O–H groups in total. The number of rotatable bonds is 8. The Morgan fingerprint density at radius 3 is 2.63 bits per heavy atom. The molecule has 1 amide bonds. The van der Waals surface area contributed by atoms with Crippen LogP contribution in [0.25, 0.3) is 0 Å². The van der Waals surface area contributed by atoms with Crippen LogP contribution in [0.1, 0.15) is 44.3 Å². The van der Waals surface area contributed by atoms with E-state index in [1.165, 1.54) is 28.1 Å². The number of fused-ring (bicyclic) bond motifs is 1. The molecule has 1 aliphatic heterocycles. The Bertz CT molecular complexity index is 1550. The topological polar surface area (TPSA) is 109 Å². The first-order valence-corrected chi connectivity index (χ1v) is 11.7. The number of halogens is 2. The van der Waals surface area contributed by atoms with Crippen molar-refractivity contribution < 1.29 is 27.9 Å². The number of hydrogen-bond acceptors (Lipinski definition) is 7. The number of nitrogens with zero attached hydrogens (tertiary/aromatic N) is 4. The average Bonchev–Trinajstić information content (AvgIpc) is 3.41. The predicted octanol–water partition coefficient (Wildman–Crippen LogP) is 3.39. The molecule has 1 aliphatic rings. The first-order chi connectivity index (χ1) is 18.3. The van der Waals surface area contributed by atoms with E-state index in [2.05, 4.69) is 4.98 Å². The highest BCUT2D eigenvalue weighted by molar-refractivity contribution is 6.00. The maximum absolute atomic E-state index is 14.0. The van der Waals surface area contributed by atoms with E-state index in [9.17, 15) is 28.3 Å². The van der Waals surface area contributed by atoms with Gasteiger partial charge in [-0.05, 0) is 42.3 Å². The van der Waals surface area contributed by atoms with Crippen LogP contribution in [-0.2, 0) is 19.5 Å². The van der Waals surface area contributed by atoms with E-state index in [0.717, 1.165) is 12.1 Å². The number of furan rings is 1. The summed E-state index contributed by atoms with van der Waals surface area (Å²) in [7, 11) is 0. The van der Waals surface area contributed by atoms with Crippen LogP contribution < -0.4 is 10.4 Å². The summed E-state index contributed by atoms with van der Waals surface area (Å²) in [6.45, 7) is 0.314. The quantitative estimate of drug-likeness (QED) is 0.355. The Kier molecular flexibility index (Phi) is 6.73. The minimum atomic E-state index is -1.01. The van der Waals surface area contributed by atoms with Crippen LogP contribution in [-0.4, -0.2) is 38.0 Å². The third-order valence-electron chi connectivity index (χ3n) is 6.23. The molecule has 0 unspecified atom stereocenters. The third kappa shape index (κ3) is 4.90.